The van der Waals surface area contributed by atoms with Crippen LogP contribution < -0.4 is 4.74 Å². The van der Waals surface area contributed by atoms with E-state index in [1.807, 2.05) is 41.0 Å². The van der Waals surface area contributed by atoms with Crippen molar-refractivity contribution >= 4 is 22.8 Å². The van der Waals surface area contributed by atoms with Crippen molar-refractivity contribution in [3.8, 4) is 5.75 Å². The van der Waals surface area contributed by atoms with Crippen molar-refractivity contribution < 1.29 is 14.9 Å². The van der Waals surface area contributed by atoms with Crippen molar-refractivity contribution in [1.82, 2.24) is 9.55 Å². The van der Waals surface area contributed by atoms with Crippen LogP contribution >= 0.6 is 11.8 Å². The lowest BCUT2D eigenvalue weighted by atomic mass is 10.1. The number of hydrogen-bond donors (Lipinski definition) is 2. The Bertz CT molecular complexity index is 879. The Morgan fingerprint density at radius 2 is 1.96 bits per heavy atom. The van der Waals surface area contributed by atoms with Crippen LogP contribution in [0.5, 0.6) is 5.75 Å². The van der Waals surface area contributed by atoms with Gasteiger partial charge in [-0.3, -0.25) is 0 Å². The molecule has 0 unspecified atom stereocenters. The van der Waals surface area contributed by atoms with Crippen LogP contribution in [0.15, 0.2) is 47.6 Å². The molecule has 26 heavy (non-hydrogen) atoms. The summed E-state index contributed by atoms with van der Waals surface area (Å²) in [6, 6.07) is 13.9. The number of aliphatic hydroxyl groups is 2. The Balaban J connectivity index is 1.66. The molecule has 0 fully saturated rings. The minimum atomic E-state index is -0.807. The number of ether oxygens (including phenoxy) is 1. The van der Waals surface area contributed by atoms with Gasteiger partial charge in [0, 0.05) is 5.75 Å². The van der Waals surface area contributed by atoms with Crippen LogP contribution in [-0.4, -0.2) is 44.8 Å². The summed E-state index contributed by atoms with van der Waals surface area (Å²) in [7, 11) is 0. The number of fused-ring (bicyclic) bond motifs is 1. The number of thioether (sulfide) groups is 1. The van der Waals surface area contributed by atoms with Crippen molar-refractivity contribution in [2.75, 3.05) is 19.0 Å². The van der Waals surface area contributed by atoms with E-state index in [1.165, 1.54) is 11.1 Å². The van der Waals surface area contributed by atoms with Gasteiger partial charge in [-0.1, -0.05) is 30.0 Å². The number of aliphatic hydroxyl groups excluding tert-OH is 2. The van der Waals surface area contributed by atoms with Gasteiger partial charge in [-0.25, -0.2) is 4.98 Å². The number of aromatic nitrogens is 2. The van der Waals surface area contributed by atoms with E-state index < -0.39 is 6.10 Å². The fourth-order valence-corrected chi connectivity index (χ4v) is 3.55. The zero-order valence-corrected chi connectivity index (χ0v) is 15.9. The van der Waals surface area contributed by atoms with Gasteiger partial charge in [-0.15, -0.1) is 0 Å². The zero-order valence-electron chi connectivity index (χ0n) is 15.1. The fourth-order valence-electron chi connectivity index (χ4n) is 2.70. The maximum atomic E-state index is 9.85. The molecule has 1 aromatic heterocycles. The summed E-state index contributed by atoms with van der Waals surface area (Å²) in [5.74, 6) is 1.61. The van der Waals surface area contributed by atoms with Crippen LogP contribution in [0.25, 0.3) is 11.0 Å². The molecule has 0 bridgehead atoms. The second-order valence-electron chi connectivity index (χ2n) is 6.27. The van der Waals surface area contributed by atoms with Gasteiger partial charge < -0.3 is 19.5 Å². The highest BCUT2D eigenvalue weighted by molar-refractivity contribution is 7.99. The SMILES string of the molecule is Cc1ccc(OCCSc2nc3ccccc3n2C[C@H](O)CO)cc1C. The normalized spacial score (nSPS) is 12.5. The van der Waals surface area contributed by atoms with Crippen molar-refractivity contribution in [3.63, 3.8) is 0 Å². The number of aryl methyl sites for hydroxylation is 2. The Kier molecular flexibility index (Phi) is 6.19. The van der Waals surface area contributed by atoms with E-state index in [4.69, 9.17) is 9.84 Å². The summed E-state index contributed by atoms with van der Waals surface area (Å²) in [5, 5.41) is 19.8. The minimum absolute atomic E-state index is 0.271. The number of benzene rings is 2. The number of para-hydroxylation sites is 2. The molecule has 6 heteroatoms. The molecule has 138 valence electrons. The first-order valence-corrected chi connectivity index (χ1v) is 9.64. The quantitative estimate of drug-likeness (QED) is 0.470. The Hall–Kier alpha value is -2.02. The van der Waals surface area contributed by atoms with Crippen LogP contribution in [0.2, 0.25) is 0 Å². The molecule has 0 aliphatic heterocycles. The van der Waals surface area contributed by atoms with Gasteiger partial charge in [-0.2, -0.15) is 0 Å². The second kappa shape index (κ2) is 8.58. The van der Waals surface area contributed by atoms with Crippen molar-refractivity contribution in [2.45, 2.75) is 31.7 Å². The van der Waals surface area contributed by atoms with E-state index in [2.05, 4.69) is 24.9 Å². The highest BCUT2D eigenvalue weighted by Gasteiger charge is 2.14. The number of rotatable bonds is 8. The third-order valence-electron chi connectivity index (χ3n) is 4.29. The first-order valence-electron chi connectivity index (χ1n) is 8.65. The topological polar surface area (TPSA) is 67.5 Å². The Labute approximate surface area is 157 Å². The number of hydrogen-bond acceptors (Lipinski definition) is 5. The molecule has 0 radical (unpaired) electrons. The van der Waals surface area contributed by atoms with E-state index >= 15 is 0 Å². The first-order chi connectivity index (χ1) is 12.6. The zero-order chi connectivity index (χ0) is 18.5. The molecule has 0 saturated carbocycles. The van der Waals surface area contributed by atoms with Gasteiger partial charge in [-0.05, 0) is 49.2 Å². The summed E-state index contributed by atoms with van der Waals surface area (Å²) in [6.07, 6.45) is -0.807. The average molecular weight is 372 g/mol. The summed E-state index contributed by atoms with van der Waals surface area (Å²) in [5.41, 5.74) is 4.31. The monoisotopic (exact) mass is 372 g/mol. The maximum absolute atomic E-state index is 9.85. The molecule has 0 spiro atoms. The molecule has 0 aliphatic carbocycles. The predicted octanol–water partition coefficient (Wildman–Crippen LogP) is 3.18. The summed E-state index contributed by atoms with van der Waals surface area (Å²) < 4.78 is 7.79. The third kappa shape index (κ3) is 4.38. The van der Waals surface area contributed by atoms with Crippen LogP contribution in [-0.2, 0) is 6.54 Å². The summed E-state index contributed by atoms with van der Waals surface area (Å²) in [6.45, 7) is 4.77. The van der Waals surface area contributed by atoms with Crippen LogP contribution in [0.4, 0.5) is 0 Å². The maximum Gasteiger partial charge on any atom is 0.169 e. The lowest BCUT2D eigenvalue weighted by molar-refractivity contribution is 0.0802. The lowest BCUT2D eigenvalue weighted by Gasteiger charge is -2.12. The van der Waals surface area contributed by atoms with E-state index in [-0.39, 0.29) is 6.61 Å². The summed E-state index contributed by atoms with van der Waals surface area (Å²) >= 11 is 1.59. The van der Waals surface area contributed by atoms with Crippen molar-refractivity contribution in [3.05, 3.63) is 53.6 Å². The lowest BCUT2D eigenvalue weighted by Crippen LogP contribution is -2.20. The molecule has 2 aromatic carbocycles. The Morgan fingerprint density at radius 1 is 1.15 bits per heavy atom. The van der Waals surface area contributed by atoms with Crippen molar-refractivity contribution in [2.24, 2.45) is 0 Å². The minimum Gasteiger partial charge on any atom is -0.493 e. The van der Waals surface area contributed by atoms with E-state index in [9.17, 15) is 5.11 Å². The molecule has 0 amide bonds. The van der Waals surface area contributed by atoms with Gasteiger partial charge >= 0.3 is 0 Å². The van der Waals surface area contributed by atoms with Crippen LogP contribution in [0.1, 0.15) is 11.1 Å². The van der Waals surface area contributed by atoms with Gasteiger partial charge in [0.25, 0.3) is 0 Å². The van der Waals surface area contributed by atoms with E-state index in [0.29, 0.717) is 13.2 Å². The van der Waals surface area contributed by atoms with Gasteiger partial charge in [0.2, 0.25) is 0 Å². The van der Waals surface area contributed by atoms with Gasteiger partial charge in [0.15, 0.2) is 5.16 Å². The highest BCUT2D eigenvalue weighted by atomic mass is 32.2. The third-order valence-corrected chi connectivity index (χ3v) is 5.23. The molecule has 0 aliphatic rings. The summed E-state index contributed by atoms with van der Waals surface area (Å²) in [4.78, 5) is 4.65. The molecule has 2 N–H and O–H groups in total. The largest absolute Gasteiger partial charge is 0.493 e. The number of nitrogens with zero attached hydrogens (tertiary/aromatic N) is 2. The first kappa shape index (κ1) is 18.8. The van der Waals surface area contributed by atoms with Gasteiger partial charge in [0.05, 0.1) is 36.9 Å². The molecule has 1 atom stereocenters. The smallest absolute Gasteiger partial charge is 0.169 e. The van der Waals surface area contributed by atoms with E-state index in [0.717, 1.165) is 27.7 Å². The fraction of sp³-hybridized carbons (Fsp3) is 0.350. The molecule has 3 rings (SSSR count). The molecule has 1 heterocycles. The molecule has 0 saturated heterocycles. The Morgan fingerprint density at radius 3 is 2.73 bits per heavy atom. The van der Waals surface area contributed by atoms with Gasteiger partial charge in [0.1, 0.15) is 5.75 Å². The average Bonchev–Trinajstić information content (AvgIpc) is 2.99. The molecule has 5 nitrogen and oxygen atoms in total. The van der Waals surface area contributed by atoms with Crippen molar-refractivity contribution in [1.29, 1.82) is 0 Å². The molecular formula is C20H24N2O3S. The predicted molar refractivity (Wildman–Crippen MR) is 105 cm³/mol. The van der Waals surface area contributed by atoms with Crippen LogP contribution in [0, 0.1) is 13.8 Å². The highest BCUT2D eigenvalue weighted by Crippen LogP contribution is 2.25. The van der Waals surface area contributed by atoms with E-state index in [1.54, 1.807) is 11.8 Å². The molecular weight excluding hydrogens is 348 g/mol. The second-order valence-corrected chi connectivity index (χ2v) is 7.34. The standard InChI is InChI=1S/C20H24N2O3S/c1-14-7-8-17(11-15(14)2)25-9-10-26-20-21-18-5-3-4-6-19(18)22(20)12-16(24)13-23/h3-8,11,16,23-24H,9-10,12-13H2,1-2H3/t16-/m0/s1. The molecule has 3 aromatic rings. The number of imidazole rings is 1. The van der Waals surface area contributed by atoms with Crippen LogP contribution in [0.3, 0.4) is 0 Å².